The molecule has 0 saturated heterocycles. The van der Waals surface area contributed by atoms with Crippen LogP contribution in [0.2, 0.25) is 0 Å². The summed E-state index contributed by atoms with van der Waals surface area (Å²) in [6.45, 7) is 0. The molecule has 0 aliphatic carbocycles. The lowest BCUT2D eigenvalue weighted by atomic mass is 10.1. The standard InChI is InChI=1S/C13H10F2O2/c14-12-5-1-3-9(13(12)15)7-10(16)8-11-4-2-6-17-11/h1-6H,7-8H2. The third-order valence-corrected chi connectivity index (χ3v) is 2.37. The van der Waals surface area contributed by atoms with Crippen LogP contribution in [-0.2, 0) is 17.6 Å². The summed E-state index contributed by atoms with van der Waals surface area (Å²) in [5.74, 6) is -1.59. The fraction of sp³-hybridized carbons (Fsp3) is 0.154. The number of carbonyl (C=O) groups excluding carboxylic acids is 1. The highest BCUT2D eigenvalue weighted by atomic mass is 19.2. The SMILES string of the molecule is O=C(Cc1ccco1)Cc1cccc(F)c1F. The summed E-state index contributed by atoms with van der Waals surface area (Å²) in [7, 11) is 0. The van der Waals surface area contributed by atoms with E-state index in [2.05, 4.69) is 0 Å². The minimum atomic E-state index is -0.958. The van der Waals surface area contributed by atoms with Gasteiger partial charge in [0.15, 0.2) is 11.6 Å². The van der Waals surface area contributed by atoms with E-state index in [1.165, 1.54) is 18.4 Å². The van der Waals surface area contributed by atoms with E-state index in [0.717, 1.165) is 6.07 Å². The summed E-state index contributed by atoms with van der Waals surface area (Å²) < 4.78 is 31.2. The molecule has 0 spiro atoms. The van der Waals surface area contributed by atoms with Gasteiger partial charge >= 0.3 is 0 Å². The van der Waals surface area contributed by atoms with Gasteiger partial charge in [-0.25, -0.2) is 8.78 Å². The topological polar surface area (TPSA) is 30.2 Å². The zero-order valence-corrected chi connectivity index (χ0v) is 8.95. The molecule has 0 radical (unpaired) electrons. The summed E-state index contributed by atoms with van der Waals surface area (Å²) in [6, 6.07) is 7.15. The molecule has 0 aliphatic rings. The molecule has 2 rings (SSSR count). The summed E-state index contributed by atoms with van der Waals surface area (Å²) in [6.07, 6.45) is 1.42. The fourth-order valence-electron chi connectivity index (χ4n) is 1.57. The number of ketones is 1. The van der Waals surface area contributed by atoms with Crippen molar-refractivity contribution in [2.75, 3.05) is 0 Å². The highest BCUT2D eigenvalue weighted by Gasteiger charge is 2.12. The molecule has 0 amide bonds. The fourth-order valence-corrected chi connectivity index (χ4v) is 1.57. The van der Waals surface area contributed by atoms with Crippen LogP contribution in [0.4, 0.5) is 8.78 Å². The number of hydrogen-bond donors (Lipinski definition) is 0. The number of halogens is 2. The first-order valence-corrected chi connectivity index (χ1v) is 5.14. The zero-order chi connectivity index (χ0) is 12.3. The van der Waals surface area contributed by atoms with Crippen molar-refractivity contribution in [1.29, 1.82) is 0 Å². The molecular formula is C13H10F2O2. The highest BCUT2D eigenvalue weighted by molar-refractivity contribution is 5.82. The van der Waals surface area contributed by atoms with Crippen molar-refractivity contribution in [3.8, 4) is 0 Å². The van der Waals surface area contributed by atoms with E-state index in [9.17, 15) is 13.6 Å². The first kappa shape index (κ1) is 11.5. The Kier molecular flexibility index (Phi) is 3.32. The van der Waals surface area contributed by atoms with E-state index in [-0.39, 0.29) is 24.2 Å². The van der Waals surface area contributed by atoms with Crippen LogP contribution in [0, 0.1) is 11.6 Å². The molecule has 0 bridgehead atoms. The summed E-state index contributed by atoms with van der Waals surface area (Å²) in [4.78, 5) is 11.6. The molecule has 0 atom stereocenters. The summed E-state index contributed by atoms with van der Waals surface area (Å²) >= 11 is 0. The van der Waals surface area contributed by atoms with Crippen molar-refractivity contribution in [3.05, 3.63) is 59.6 Å². The van der Waals surface area contributed by atoms with Crippen molar-refractivity contribution in [2.24, 2.45) is 0 Å². The zero-order valence-electron chi connectivity index (χ0n) is 8.95. The molecule has 2 nitrogen and oxygen atoms in total. The van der Waals surface area contributed by atoms with Gasteiger partial charge < -0.3 is 4.42 Å². The molecule has 4 heteroatoms. The minimum absolute atomic E-state index is 0.0709. The third-order valence-electron chi connectivity index (χ3n) is 2.37. The Morgan fingerprint density at radius 1 is 1.12 bits per heavy atom. The molecule has 17 heavy (non-hydrogen) atoms. The molecule has 0 N–H and O–H groups in total. The van der Waals surface area contributed by atoms with E-state index in [1.807, 2.05) is 0 Å². The Labute approximate surface area is 96.9 Å². The number of hydrogen-bond acceptors (Lipinski definition) is 2. The second-order valence-corrected chi connectivity index (χ2v) is 3.68. The quantitative estimate of drug-likeness (QED) is 0.817. The molecule has 0 unspecified atom stereocenters. The predicted molar refractivity (Wildman–Crippen MR) is 57.5 cm³/mol. The maximum atomic E-state index is 13.3. The van der Waals surface area contributed by atoms with Crippen LogP contribution in [0.25, 0.3) is 0 Å². The number of rotatable bonds is 4. The van der Waals surface area contributed by atoms with Gasteiger partial charge in [0.1, 0.15) is 11.5 Å². The Balaban J connectivity index is 2.06. The number of benzene rings is 1. The van der Waals surface area contributed by atoms with E-state index >= 15 is 0 Å². The van der Waals surface area contributed by atoms with Gasteiger partial charge in [-0.2, -0.15) is 0 Å². The minimum Gasteiger partial charge on any atom is -0.469 e. The Morgan fingerprint density at radius 2 is 1.94 bits per heavy atom. The van der Waals surface area contributed by atoms with Gasteiger partial charge in [-0.05, 0) is 23.8 Å². The molecule has 88 valence electrons. The number of Topliss-reactive ketones (excluding diaryl/α,β-unsaturated/α-hetero) is 1. The lowest BCUT2D eigenvalue weighted by molar-refractivity contribution is -0.118. The number of furan rings is 1. The lowest BCUT2D eigenvalue weighted by Gasteiger charge is -2.02. The van der Waals surface area contributed by atoms with Gasteiger partial charge in [0, 0.05) is 6.42 Å². The van der Waals surface area contributed by atoms with Gasteiger partial charge in [-0.3, -0.25) is 4.79 Å². The van der Waals surface area contributed by atoms with Crippen molar-refractivity contribution in [3.63, 3.8) is 0 Å². The average Bonchev–Trinajstić information content (AvgIpc) is 2.77. The monoisotopic (exact) mass is 236 g/mol. The molecular weight excluding hydrogens is 226 g/mol. The lowest BCUT2D eigenvalue weighted by Crippen LogP contribution is -2.08. The summed E-state index contributed by atoms with van der Waals surface area (Å²) in [5, 5.41) is 0. The Hall–Kier alpha value is -1.97. The van der Waals surface area contributed by atoms with E-state index in [0.29, 0.717) is 5.76 Å². The van der Waals surface area contributed by atoms with Gasteiger partial charge in [0.05, 0.1) is 12.7 Å². The Bertz CT molecular complexity index is 518. The van der Waals surface area contributed by atoms with Crippen LogP contribution < -0.4 is 0 Å². The van der Waals surface area contributed by atoms with Gasteiger partial charge in [0.2, 0.25) is 0 Å². The molecule has 0 fully saturated rings. The van der Waals surface area contributed by atoms with E-state index in [4.69, 9.17) is 4.42 Å². The average molecular weight is 236 g/mol. The van der Waals surface area contributed by atoms with Crippen molar-refractivity contribution in [1.82, 2.24) is 0 Å². The normalized spacial score (nSPS) is 10.5. The van der Waals surface area contributed by atoms with E-state index in [1.54, 1.807) is 12.1 Å². The van der Waals surface area contributed by atoms with Crippen LogP contribution >= 0.6 is 0 Å². The first-order valence-electron chi connectivity index (χ1n) is 5.14. The second-order valence-electron chi connectivity index (χ2n) is 3.68. The van der Waals surface area contributed by atoms with Crippen LogP contribution in [0.5, 0.6) is 0 Å². The molecule has 0 saturated carbocycles. The van der Waals surface area contributed by atoms with Gasteiger partial charge in [-0.1, -0.05) is 12.1 Å². The largest absolute Gasteiger partial charge is 0.469 e. The smallest absolute Gasteiger partial charge is 0.162 e. The van der Waals surface area contributed by atoms with Crippen LogP contribution in [0.3, 0.4) is 0 Å². The maximum absolute atomic E-state index is 13.3. The third kappa shape index (κ3) is 2.78. The molecule has 1 aromatic carbocycles. The molecule has 1 aromatic heterocycles. The maximum Gasteiger partial charge on any atom is 0.162 e. The van der Waals surface area contributed by atoms with E-state index < -0.39 is 11.6 Å². The van der Waals surface area contributed by atoms with Crippen LogP contribution in [0.15, 0.2) is 41.0 Å². The van der Waals surface area contributed by atoms with Crippen molar-refractivity contribution in [2.45, 2.75) is 12.8 Å². The van der Waals surface area contributed by atoms with Crippen molar-refractivity contribution >= 4 is 5.78 Å². The van der Waals surface area contributed by atoms with Crippen LogP contribution in [0.1, 0.15) is 11.3 Å². The molecule has 1 heterocycles. The summed E-state index contributed by atoms with van der Waals surface area (Å²) in [5.41, 5.74) is 0.0709. The number of carbonyl (C=O) groups is 1. The molecule has 2 aromatic rings. The Morgan fingerprint density at radius 3 is 2.65 bits per heavy atom. The van der Waals surface area contributed by atoms with Gasteiger partial charge in [-0.15, -0.1) is 0 Å². The molecule has 0 aliphatic heterocycles. The van der Waals surface area contributed by atoms with Crippen LogP contribution in [-0.4, -0.2) is 5.78 Å². The highest BCUT2D eigenvalue weighted by Crippen LogP contribution is 2.13. The predicted octanol–water partition coefficient (Wildman–Crippen LogP) is 2.91. The second kappa shape index (κ2) is 4.91. The van der Waals surface area contributed by atoms with Gasteiger partial charge in [0.25, 0.3) is 0 Å². The van der Waals surface area contributed by atoms with Crippen molar-refractivity contribution < 1.29 is 18.0 Å². The first-order chi connectivity index (χ1) is 8.16.